The molecule has 0 radical (unpaired) electrons. The van der Waals surface area contributed by atoms with Crippen molar-refractivity contribution in [1.82, 2.24) is 14.9 Å². The second-order valence-corrected chi connectivity index (χ2v) is 8.46. The van der Waals surface area contributed by atoms with Gasteiger partial charge in [-0.15, -0.1) is 5.10 Å². The summed E-state index contributed by atoms with van der Waals surface area (Å²) in [5, 5.41) is 11.7. The molecule has 1 N–H and O–H groups in total. The highest BCUT2D eigenvalue weighted by Gasteiger charge is 2.35. The molecule has 140 valence electrons. The zero-order valence-electron chi connectivity index (χ0n) is 15.1. The van der Waals surface area contributed by atoms with Crippen molar-refractivity contribution < 1.29 is 4.79 Å². The summed E-state index contributed by atoms with van der Waals surface area (Å²) in [6.45, 7) is 2.15. The zero-order valence-corrected chi connectivity index (χ0v) is 17.5. The maximum absolute atomic E-state index is 13.0. The molecule has 4 rings (SSSR count). The predicted octanol–water partition coefficient (Wildman–Crippen LogP) is 2.46. The summed E-state index contributed by atoms with van der Waals surface area (Å²) in [5.41, 5.74) is 1.52. The van der Waals surface area contributed by atoms with Crippen LogP contribution in [0.5, 0.6) is 0 Å². The van der Waals surface area contributed by atoms with E-state index in [0.29, 0.717) is 10.9 Å². The minimum absolute atomic E-state index is 0.141. The van der Waals surface area contributed by atoms with E-state index in [1.807, 2.05) is 48.1 Å². The Balaban J connectivity index is 1.87. The van der Waals surface area contributed by atoms with Crippen LogP contribution in [-0.4, -0.2) is 26.4 Å². The number of nitrogens with one attached hydrogen (secondary N) is 1. The fourth-order valence-corrected chi connectivity index (χ4v) is 4.46. The van der Waals surface area contributed by atoms with Gasteiger partial charge >= 0.3 is 0 Å². The van der Waals surface area contributed by atoms with Gasteiger partial charge in [-0.25, -0.2) is 5.01 Å². The van der Waals surface area contributed by atoms with Crippen molar-refractivity contribution in [3.05, 3.63) is 57.3 Å². The Hall–Kier alpha value is -2.06. The lowest BCUT2D eigenvalue weighted by molar-refractivity contribution is -0.116. The van der Waals surface area contributed by atoms with Crippen molar-refractivity contribution in [2.75, 3.05) is 5.75 Å². The molecule has 0 spiro atoms. The number of unbranched alkanes of at least 4 members (excludes halogenated alkanes) is 1. The number of rotatable bonds is 4. The van der Waals surface area contributed by atoms with Crippen LogP contribution < -0.4 is 15.9 Å². The molecule has 6 nitrogen and oxygen atoms in total. The molecule has 1 aromatic carbocycles. The number of thioether (sulfide) groups is 1. The van der Waals surface area contributed by atoms with Crippen molar-refractivity contribution in [3.63, 3.8) is 0 Å². The monoisotopic (exact) mass is 445 g/mol. The van der Waals surface area contributed by atoms with Gasteiger partial charge in [0, 0.05) is 28.7 Å². The molecule has 0 bridgehead atoms. The number of benzene rings is 1. The number of carbonyl (C=O) groups excluding carboxylic acids is 1. The maximum Gasteiger partial charge on any atom is 0.276 e. The molecule has 1 amide bonds. The number of amides is 1. The topological polar surface area (TPSA) is 62.0 Å². The van der Waals surface area contributed by atoms with Gasteiger partial charge in [0.05, 0.1) is 11.1 Å². The number of hydrogen-bond acceptors (Lipinski definition) is 5. The van der Waals surface area contributed by atoms with Crippen molar-refractivity contribution in [2.45, 2.75) is 25.9 Å². The predicted molar refractivity (Wildman–Crippen MR) is 111 cm³/mol. The molecule has 2 aliphatic rings. The number of aryl methyl sites for hydroxylation is 1. The Morgan fingerprint density at radius 1 is 1.33 bits per heavy atom. The van der Waals surface area contributed by atoms with Gasteiger partial charge < -0.3 is 4.57 Å². The average Bonchev–Trinajstić information content (AvgIpc) is 3.07. The minimum atomic E-state index is -0.374. The van der Waals surface area contributed by atoms with E-state index in [9.17, 15) is 4.79 Å². The van der Waals surface area contributed by atoms with Gasteiger partial charge in [0.2, 0.25) is 0 Å². The van der Waals surface area contributed by atoms with Crippen LogP contribution in [0.4, 0.5) is 0 Å². The molecule has 0 saturated heterocycles. The first-order valence-corrected chi connectivity index (χ1v) is 10.7. The summed E-state index contributed by atoms with van der Waals surface area (Å²) < 4.78 is 2.92. The van der Waals surface area contributed by atoms with E-state index in [4.69, 9.17) is 10.1 Å². The van der Waals surface area contributed by atoms with E-state index in [1.165, 1.54) is 0 Å². The molecule has 1 aromatic heterocycles. The summed E-state index contributed by atoms with van der Waals surface area (Å²) >= 11 is 5.07. The standard InChI is InChI=1S/C19H20BrN5OS/c1-3-4-10-27-19-22-18(26)16-13-11-12(20)7-8-14(13)21-17(25(16)23-19)15-6-5-9-24(15)2/h5-9,11,17H,3-4,10H2,1-2H3,(H,22,23,26). The second kappa shape index (κ2) is 7.52. The second-order valence-electron chi connectivity index (χ2n) is 6.46. The number of hydrazone groups is 1. The first-order chi connectivity index (χ1) is 13.1. The first kappa shape index (κ1) is 18.3. The van der Waals surface area contributed by atoms with Gasteiger partial charge in [0.25, 0.3) is 5.91 Å². The highest BCUT2D eigenvalue weighted by atomic mass is 79.9. The highest BCUT2D eigenvalue weighted by molar-refractivity contribution is 9.10. The Kier molecular flexibility index (Phi) is 5.10. The fourth-order valence-electron chi connectivity index (χ4n) is 3.16. The van der Waals surface area contributed by atoms with E-state index in [-0.39, 0.29) is 12.1 Å². The van der Waals surface area contributed by atoms with Crippen LogP contribution in [0, 0.1) is 0 Å². The van der Waals surface area contributed by atoms with Crippen LogP contribution >= 0.6 is 27.7 Å². The molecule has 2 aromatic rings. The molecular weight excluding hydrogens is 426 g/mol. The Labute approximate surface area is 170 Å². The molecule has 1 unspecified atom stereocenters. The number of nitrogens with zero attached hydrogens (tertiary/aromatic N) is 4. The molecule has 27 heavy (non-hydrogen) atoms. The molecule has 0 fully saturated rings. The van der Waals surface area contributed by atoms with Gasteiger partial charge in [-0.2, -0.15) is 0 Å². The Morgan fingerprint density at radius 2 is 2.19 bits per heavy atom. The average molecular weight is 446 g/mol. The van der Waals surface area contributed by atoms with Crippen LogP contribution in [0.25, 0.3) is 5.70 Å². The number of aromatic nitrogens is 1. The molecule has 0 aliphatic carbocycles. The van der Waals surface area contributed by atoms with Crippen LogP contribution in [0.3, 0.4) is 0 Å². The van der Waals surface area contributed by atoms with Gasteiger partial charge in [0.15, 0.2) is 11.3 Å². The van der Waals surface area contributed by atoms with Gasteiger partial charge in [-0.1, -0.05) is 41.0 Å². The van der Waals surface area contributed by atoms with E-state index in [1.54, 1.807) is 16.8 Å². The summed E-state index contributed by atoms with van der Waals surface area (Å²) in [5.74, 6) is 0.782. The van der Waals surface area contributed by atoms with Crippen LogP contribution in [0.15, 0.2) is 51.1 Å². The van der Waals surface area contributed by atoms with Gasteiger partial charge in [0.1, 0.15) is 5.70 Å². The summed E-state index contributed by atoms with van der Waals surface area (Å²) in [4.78, 5) is 17.9. The number of halogens is 1. The van der Waals surface area contributed by atoms with E-state index >= 15 is 0 Å². The number of carbonyl (C=O) groups is 1. The van der Waals surface area contributed by atoms with Crippen LogP contribution in [-0.2, 0) is 11.8 Å². The molecule has 3 heterocycles. The summed E-state index contributed by atoms with van der Waals surface area (Å²) in [7, 11) is 1.98. The van der Waals surface area contributed by atoms with E-state index in [2.05, 4.69) is 28.2 Å². The molecule has 0 saturated carbocycles. The molecule has 2 aliphatic heterocycles. The largest absolute Gasteiger partial charge is 0.351 e. The lowest BCUT2D eigenvalue weighted by Gasteiger charge is -2.34. The lowest BCUT2D eigenvalue weighted by Crippen LogP contribution is -2.50. The van der Waals surface area contributed by atoms with Crippen LogP contribution in [0.1, 0.15) is 31.6 Å². The lowest BCUT2D eigenvalue weighted by atomic mass is 10.1. The number of fused-ring (bicyclic) bond motifs is 2. The van der Waals surface area contributed by atoms with E-state index < -0.39 is 0 Å². The van der Waals surface area contributed by atoms with Crippen LogP contribution in [0.2, 0.25) is 0 Å². The van der Waals surface area contributed by atoms with Crippen molar-refractivity contribution in [3.8, 4) is 0 Å². The fraction of sp³-hybridized carbons (Fsp3) is 0.316. The quantitative estimate of drug-likeness (QED) is 0.735. The third-order valence-corrected chi connectivity index (χ3v) is 6.00. The van der Waals surface area contributed by atoms with Gasteiger partial charge in [-0.05, 0) is 36.8 Å². The third kappa shape index (κ3) is 3.43. The Morgan fingerprint density at radius 3 is 2.93 bits per heavy atom. The zero-order chi connectivity index (χ0) is 19.0. The van der Waals surface area contributed by atoms with Crippen molar-refractivity contribution >= 4 is 44.5 Å². The minimum Gasteiger partial charge on any atom is -0.351 e. The van der Waals surface area contributed by atoms with E-state index in [0.717, 1.165) is 39.3 Å². The van der Waals surface area contributed by atoms with Crippen molar-refractivity contribution in [2.24, 2.45) is 17.1 Å². The number of amidine groups is 1. The summed E-state index contributed by atoms with van der Waals surface area (Å²) in [6, 6.07) is 9.79. The summed E-state index contributed by atoms with van der Waals surface area (Å²) in [6.07, 6.45) is 3.79. The molecule has 1 atom stereocenters. The molecule has 8 heteroatoms. The third-order valence-electron chi connectivity index (χ3n) is 4.56. The van der Waals surface area contributed by atoms with Crippen molar-refractivity contribution in [1.29, 1.82) is 0 Å². The highest BCUT2D eigenvalue weighted by Crippen LogP contribution is 2.30. The maximum atomic E-state index is 13.0. The smallest absolute Gasteiger partial charge is 0.276 e. The SMILES string of the molecule is CCCCSC1=NN2C(=c3cc(Br)ccc3=NC2c2cccn2C)C(=O)N1. The number of hydrogen-bond donors (Lipinski definition) is 1. The molecular formula is C19H20BrN5OS. The first-order valence-electron chi connectivity index (χ1n) is 8.89. The Bertz CT molecular complexity index is 1040. The normalized spacial score (nSPS) is 18.4. The van der Waals surface area contributed by atoms with Gasteiger partial charge in [-0.3, -0.25) is 15.1 Å².